The minimum Gasteiger partial charge on any atom is -0.493 e. The smallest absolute Gasteiger partial charge is 0.122 e. The van der Waals surface area contributed by atoms with Crippen LogP contribution in [0.3, 0.4) is 0 Å². The van der Waals surface area contributed by atoms with Gasteiger partial charge in [-0.15, -0.1) is 6.58 Å². The van der Waals surface area contributed by atoms with Crippen molar-refractivity contribution in [2.75, 3.05) is 6.61 Å². The Balaban J connectivity index is 2.09. The van der Waals surface area contributed by atoms with E-state index in [1.165, 1.54) is 5.56 Å². The Hall–Kier alpha value is -1.32. The summed E-state index contributed by atoms with van der Waals surface area (Å²) in [5, 5.41) is 0. The molecule has 2 atom stereocenters. The fraction of sp³-hybridized carbons (Fsp3) is 0.467. The molecule has 3 nitrogen and oxygen atoms in total. The molecule has 2 unspecified atom stereocenters. The summed E-state index contributed by atoms with van der Waals surface area (Å²) in [6, 6.07) is 8.59. The molecule has 0 amide bonds. The van der Waals surface area contributed by atoms with Crippen LogP contribution < -0.4 is 16.0 Å². The van der Waals surface area contributed by atoms with Gasteiger partial charge in [0.1, 0.15) is 5.75 Å². The molecule has 1 heterocycles. The van der Waals surface area contributed by atoms with E-state index in [2.05, 4.69) is 24.1 Å². The van der Waals surface area contributed by atoms with Crippen LogP contribution in [0.15, 0.2) is 36.9 Å². The molecule has 0 fully saturated rings. The summed E-state index contributed by atoms with van der Waals surface area (Å²) in [6.45, 7) is 4.54. The Morgan fingerprint density at radius 3 is 3.11 bits per heavy atom. The fourth-order valence-electron chi connectivity index (χ4n) is 2.67. The number of nitrogens with one attached hydrogen (secondary N) is 1. The SMILES string of the molecule is C=CCCCC(NN)C1CCOc2ccccc21. The highest BCUT2D eigenvalue weighted by Crippen LogP contribution is 2.36. The van der Waals surface area contributed by atoms with Crippen LogP contribution in [0.25, 0.3) is 0 Å². The molecule has 0 saturated carbocycles. The summed E-state index contributed by atoms with van der Waals surface area (Å²) < 4.78 is 5.69. The number of hydrogen-bond acceptors (Lipinski definition) is 3. The third-order valence-electron chi connectivity index (χ3n) is 3.63. The lowest BCUT2D eigenvalue weighted by atomic mass is 9.84. The maximum Gasteiger partial charge on any atom is 0.122 e. The average Bonchev–Trinajstić information content (AvgIpc) is 2.43. The Labute approximate surface area is 109 Å². The second kappa shape index (κ2) is 6.57. The zero-order valence-electron chi connectivity index (χ0n) is 10.8. The van der Waals surface area contributed by atoms with E-state index in [-0.39, 0.29) is 0 Å². The van der Waals surface area contributed by atoms with E-state index < -0.39 is 0 Å². The Bertz CT molecular complexity index is 392. The van der Waals surface area contributed by atoms with Gasteiger partial charge in [-0.2, -0.15) is 0 Å². The Morgan fingerprint density at radius 2 is 2.33 bits per heavy atom. The van der Waals surface area contributed by atoms with E-state index in [9.17, 15) is 0 Å². The Morgan fingerprint density at radius 1 is 1.50 bits per heavy atom. The monoisotopic (exact) mass is 246 g/mol. The number of hydrazine groups is 1. The number of fused-ring (bicyclic) bond motifs is 1. The second-order valence-corrected chi connectivity index (χ2v) is 4.77. The second-order valence-electron chi connectivity index (χ2n) is 4.77. The molecule has 0 bridgehead atoms. The van der Waals surface area contributed by atoms with Crippen LogP contribution in [-0.4, -0.2) is 12.6 Å². The number of benzene rings is 1. The first-order valence-electron chi connectivity index (χ1n) is 6.65. The van der Waals surface area contributed by atoms with Crippen LogP contribution in [-0.2, 0) is 0 Å². The molecule has 98 valence electrons. The number of para-hydroxylation sites is 1. The van der Waals surface area contributed by atoms with Crippen molar-refractivity contribution in [3.63, 3.8) is 0 Å². The highest BCUT2D eigenvalue weighted by molar-refractivity contribution is 5.38. The molecule has 3 N–H and O–H groups in total. The molecule has 1 aliphatic heterocycles. The fourth-order valence-corrected chi connectivity index (χ4v) is 2.67. The normalized spacial score (nSPS) is 19.7. The standard InChI is InChI=1S/C15H22N2O/c1-2-3-4-8-14(17-16)12-10-11-18-15-9-6-5-7-13(12)15/h2,5-7,9,12,14,17H,1,3-4,8,10-11,16H2. The largest absolute Gasteiger partial charge is 0.493 e. The summed E-state index contributed by atoms with van der Waals surface area (Å²) in [6.07, 6.45) is 6.23. The highest BCUT2D eigenvalue weighted by atomic mass is 16.5. The number of rotatable bonds is 6. The van der Waals surface area contributed by atoms with Crippen molar-refractivity contribution < 1.29 is 4.74 Å². The van der Waals surface area contributed by atoms with Crippen molar-refractivity contribution in [3.8, 4) is 5.75 Å². The van der Waals surface area contributed by atoms with Gasteiger partial charge in [0.2, 0.25) is 0 Å². The molecular formula is C15H22N2O. The van der Waals surface area contributed by atoms with E-state index in [0.29, 0.717) is 12.0 Å². The summed E-state index contributed by atoms with van der Waals surface area (Å²) in [5.41, 5.74) is 4.26. The first-order valence-corrected chi connectivity index (χ1v) is 6.65. The maximum atomic E-state index is 5.73. The summed E-state index contributed by atoms with van der Waals surface area (Å²) in [7, 11) is 0. The minimum atomic E-state index is 0.315. The van der Waals surface area contributed by atoms with Crippen molar-refractivity contribution in [2.24, 2.45) is 5.84 Å². The van der Waals surface area contributed by atoms with Crippen molar-refractivity contribution in [2.45, 2.75) is 37.6 Å². The van der Waals surface area contributed by atoms with Gasteiger partial charge >= 0.3 is 0 Å². The summed E-state index contributed by atoms with van der Waals surface area (Å²) in [5.74, 6) is 7.19. The molecule has 0 aromatic heterocycles. The Kier molecular flexibility index (Phi) is 4.79. The molecule has 2 rings (SSSR count). The third kappa shape index (κ3) is 2.92. The quantitative estimate of drug-likeness (QED) is 0.351. The van der Waals surface area contributed by atoms with E-state index >= 15 is 0 Å². The van der Waals surface area contributed by atoms with Gasteiger partial charge in [0.25, 0.3) is 0 Å². The van der Waals surface area contributed by atoms with Gasteiger partial charge < -0.3 is 4.74 Å². The van der Waals surface area contributed by atoms with Crippen LogP contribution in [0.5, 0.6) is 5.75 Å². The summed E-state index contributed by atoms with van der Waals surface area (Å²) in [4.78, 5) is 0. The van der Waals surface area contributed by atoms with Crippen LogP contribution >= 0.6 is 0 Å². The van der Waals surface area contributed by atoms with Gasteiger partial charge in [0.05, 0.1) is 6.61 Å². The molecule has 0 spiro atoms. The van der Waals surface area contributed by atoms with Gasteiger partial charge in [-0.1, -0.05) is 24.3 Å². The van der Waals surface area contributed by atoms with Crippen LogP contribution in [0.2, 0.25) is 0 Å². The number of hydrogen-bond donors (Lipinski definition) is 2. The van der Waals surface area contributed by atoms with E-state index in [4.69, 9.17) is 10.6 Å². The lowest BCUT2D eigenvalue weighted by molar-refractivity contribution is 0.241. The zero-order chi connectivity index (χ0) is 12.8. The number of nitrogens with two attached hydrogens (primary N) is 1. The summed E-state index contributed by atoms with van der Waals surface area (Å²) >= 11 is 0. The molecule has 3 heteroatoms. The van der Waals surface area contributed by atoms with Crippen LogP contribution in [0.1, 0.15) is 37.2 Å². The number of allylic oxidation sites excluding steroid dienone is 1. The number of ether oxygens (including phenoxy) is 1. The van der Waals surface area contributed by atoms with Gasteiger partial charge in [0.15, 0.2) is 0 Å². The lowest BCUT2D eigenvalue weighted by Gasteiger charge is -2.32. The third-order valence-corrected chi connectivity index (χ3v) is 3.63. The average molecular weight is 246 g/mol. The predicted molar refractivity (Wildman–Crippen MR) is 74.5 cm³/mol. The first kappa shape index (κ1) is 13.1. The van der Waals surface area contributed by atoms with Crippen molar-refractivity contribution in [1.82, 2.24) is 5.43 Å². The lowest BCUT2D eigenvalue weighted by Crippen LogP contribution is -2.41. The zero-order valence-corrected chi connectivity index (χ0v) is 10.8. The van der Waals surface area contributed by atoms with E-state index in [1.807, 2.05) is 18.2 Å². The number of unbranched alkanes of at least 4 members (excludes halogenated alkanes) is 1. The molecular weight excluding hydrogens is 224 g/mol. The highest BCUT2D eigenvalue weighted by Gasteiger charge is 2.27. The van der Waals surface area contributed by atoms with E-state index in [1.54, 1.807) is 0 Å². The molecule has 1 aliphatic rings. The molecule has 1 aromatic carbocycles. The maximum absolute atomic E-state index is 5.73. The van der Waals surface area contributed by atoms with Crippen LogP contribution in [0.4, 0.5) is 0 Å². The van der Waals surface area contributed by atoms with Gasteiger partial charge in [-0.3, -0.25) is 11.3 Å². The van der Waals surface area contributed by atoms with Gasteiger partial charge in [-0.05, 0) is 37.3 Å². The molecule has 18 heavy (non-hydrogen) atoms. The molecule has 0 radical (unpaired) electrons. The molecule has 1 aromatic rings. The van der Waals surface area contributed by atoms with Gasteiger partial charge in [0, 0.05) is 12.0 Å². The van der Waals surface area contributed by atoms with Crippen LogP contribution in [0, 0.1) is 0 Å². The molecule has 0 aliphatic carbocycles. The first-order chi connectivity index (χ1) is 8.86. The van der Waals surface area contributed by atoms with Crippen molar-refractivity contribution in [3.05, 3.63) is 42.5 Å². The predicted octanol–water partition coefficient (Wildman–Crippen LogP) is 2.74. The van der Waals surface area contributed by atoms with Crippen molar-refractivity contribution in [1.29, 1.82) is 0 Å². The van der Waals surface area contributed by atoms with Crippen molar-refractivity contribution >= 4 is 0 Å². The topological polar surface area (TPSA) is 47.3 Å². The minimum absolute atomic E-state index is 0.315. The van der Waals surface area contributed by atoms with E-state index in [0.717, 1.165) is 38.0 Å². The molecule has 0 saturated heterocycles. The van der Waals surface area contributed by atoms with Gasteiger partial charge in [-0.25, -0.2) is 0 Å².